The SMILES string of the molecule is Cc1ccc(-n2c(SCC(=O)Nc3ccccc3F)nc3sc4c(c3c2=O)CCN(C(C)C)C4)cc1. The van der Waals surface area contributed by atoms with E-state index in [-0.39, 0.29) is 22.9 Å². The molecule has 0 spiro atoms. The molecule has 3 heterocycles. The highest BCUT2D eigenvalue weighted by Crippen LogP contribution is 2.35. The van der Waals surface area contributed by atoms with Crippen LogP contribution >= 0.6 is 23.1 Å². The number of hydrogen-bond donors (Lipinski definition) is 1. The van der Waals surface area contributed by atoms with Gasteiger partial charge in [0.2, 0.25) is 5.91 Å². The number of carbonyl (C=O) groups is 1. The first-order valence-corrected chi connectivity index (χ1v) is 13.7. The minimum absolute atomic E-state index is 0.00956. The summed E-state index contributed by atoms with van der Waals surface area (Å²) in [7, 11) is 0. The molecule has 4 aromatic rings. The predicted octanol–water partition coefficient (Wildman–Crippen LogP) is 5.39. The lowest BCUT2D eigenvalue weighted by atomic mass is 10.0. The molecule has 2 aromatic carbocycles. The molecule has 9 heteroatoms. The van der Waals surface area contributed by atoms with Crippen molar-refractivity contribution in [2.75, 3.05) is 17.6 Å². The van der Waals surface area contributed by atoms with Crippen molar-refractivity contribution in [3.63, 3.8) is 0 Å². The molecular weight excluding hydrogens is 495 g/mol. The van der Waals surface area contributed by atoms with Crippen LogP contribution in [0, 0.1) is 12.7 Å². The highest BCUT2D eigenvalue weighted by molar-refractivity contribution is 7.99. The summed E-state index contributed by atoms with van der Waals surface area (Å²) in [5.41, 5.74) is 2.90. The first-order chi connectivity index (χ1) is 17.3. The number of rotatable bonds is 6. The molecule has 0 bridgehead atoms. The number of amides is 1. The number of fused-ring (bicyclic) bond motifs is 3. The van der Waals surface area contributed by atoms with Gasteiger partial charge in [0.05, 0.1) is 22.5 Å². The highest BCUT2D eigenvalue weighted by atomic mass is 32.2. The Kier molecular flexibility index (Phi) is 6.96. The number of nitrogens with zero attached hydrogens (tertiary/aromatic N) is 3. The van der Waals surface area contributed by atoms with Crippen LogP contribution in [0.15, 0.2) is 58.5 Å². The second-order valence-electron chi connectivity index (χ2n) is 9.19. The minimum atomic E-state index is -0.494. The summed E-state index contributed by atoms with van der Waals surface area (Å²) in [6.45, 7) is 8.08. The first-order valence-electron chi connectivity index (χ1n) is 11.9. The Hall–Kier alpha value is -3.01. The van der Waals surface area contributed by atoms with Crippen molar-refractivity contribution in [1.29, 1.82) is 0 Å². The number of aromatic nitrogens is 2. The van der Waals surface area contributed by atoms with Gasteiger partial charge in [-0.1, -0.05) is 41.6 Å². The Morgan fingerprint density at radius 2 is 1.94 bits per heavy atom. The molecule has 0 radical (unpaired) electrons. The van der Waals surface area contributed by atoms with Gasteiger partial charge in [0.25, 0.3) is 5.56 Å². The quantitative estimate of drug-likeness (QED) is 0.272. The standard InChI is InChI=1S/C27H27FN4O2S2/c1-16(2)31-13-12-19-22(14-31)36-25-24(19)26(34)32(18-10-8-17(3)9-11-18)27(30-25)35-15-23(33)29-21-7-5-4-6-20(21)28/h4-11,16H,12-15H2,1-3H3,(H,29,33). The number of anilines is 1. The van der Waals surface area contributed by atoms with Gasteiger partial charge in [-0.2, -0.15) is 0 Å². The summed E-state index contributed by atoms with van der Waals surface area (Å²) in [5, 5.41) is 3.72. The number of para-hydroxylation sites is 1. The van der Waals surface area contributed by atoms with Crippen LogP contribution in [0.4, 0.5) is 10.1 Å². The third-order valence-electron chi connectivity index (χ3n) is 6.38. The fraction of sp³-hybridized carbons (Fsp3) is 0.296. The van der Waals surface area contributed by atoms with Gasteiger partial charge in [-0.3, -0.25) is 19.1 Å². The number of hydrogen-bond acceptors (Lipinski definition) is 6. The van der Waals surface area contributed by atoms with Crippen molar-refractivity contribution in [2.24, 2.45) is 0 Å². The van der Waals surface area contributed by atoms with Gasteiger partial charge in [0, 0.05) is 24.0 Å². The van der Waals surface area contributed by atoms with E-state index in [1.54, 1.807) is 28.0 Å². The lowest BCUT2D eigenvalue weighted by Gasteiger charge is -2.30. The number of halogens is 1. The summed E-state index contributed by atoms with van der Waals surface area (Å²) in [5.74, 6) is -0.871. The number of thiophene rings is 1. The van der Waals surface area contributed by atoms with Crippen molar-refractivity contribution in [3.05, 3.63) is 80.7 Å². The monoisotopic (exact) mass is 522 g/mol. The topological polar surface area (TPSA) is 67.2 Å². The summed E-state index contributed by atoms with van der Waals surface area (Å²) in [6, 6.07) is 14.2. The molecule has 2 aromatic heterocycles. The Labute approximate surface area is 217 Å². The number of aryl methyl sites for hydroxylation is 1. The predicted molar refractivity (Wildman–Crippen MR) is 145 cm³/mol. The molecule has 0 aliphatic carbocycles. The van der Waals surface area contributed by atoms with Crippen LogP contribution in [0.25, 0.3) is 15.9 Å². The van der Waals surface area contributed by atoms with Crippen LogP contribution in [0.5, 0.6) is 0 Å². The fourth-order valence-electron chi connectivity index (χ4n) is 4.38. The molecule has 0 unspecified atom stereocenters. The van der Waals surface area contributed by atoms with E-state index in [4.69, 9.17) is 4.98 Å². The zero-order valence-corrected chi connectivity index (χ0v) is 22.0. The zero-order chi connectivity index (χ0) is 25.4. The van der Waals surface area contributed by atoms with Crippen LogP contribution in [0.2, 0.25) is 0 Å². The van der Waals surface area contributed by atoms with Gasteiger partial charge in [0.1, 0.15) is 10.6 Å². The van der Waals surface area contributed by atoms with Gasteiger partial charge in [-0.25, -0.2) is 9.37 Å². The second kappa shape index (κ2) is 10.2. The van der Waals surface area contributed by atoms with E-state index in [0.717, 1.165) is 30.6 Å². The van der Waals surface area contributed by atoms with E-state index >= 15 is 0 Å². The number of carbonyl (C=O) groups excluding carboxylic acids is 1. The molecule has 1 aliphatic heterocycles. The van der Waals surface area contributed by atoms with Crippen LogP contribution in [-0.4, -0.2) is 38.7 Å². The Morgan fingerprint density at radius 1 is 1.19 bits per heavy atom. The van der Waals surface area contributed by atoms with Crippen molar-refractivity contribution < 1.29 is 9.18 Å². The van der Waals surface area contributed by atoms with Crippen molar-refractivity contribution in [1.82, 2.24) is 14.5 Å². The van der Waals surface area contributed by atoms with Crippen LogP contribution in [0.1, 0.15) is 29.9 Å². The van der Waals surface area contributed by atoms with Crippen LogP contribution in [-0.2, 0) is 17.8 Å². The number of benzene rings is 2. The molecule has 36 heavy (non-hydrogen) atoms. The van der Waals surface area contributed by atoms with Crippen molar-refractivity contribution >= 4 is 44.9 Å². The van der Waals surface area contributed by atoms with E-state index in [1.165, 1.54) is 28.8 Å². The Morgan fingerprint density at radius 3 is 2.67 bits per heavy atom. The van der Waals surface area contributed by atoms with E-state index in [2.05, 4.69) is 24.1 Å². The van der Waals surface area contributed by atoms with Crippen LogP contribution < -0.4 is 10.9 Å². The average molecular weight is 523 g/mol. The summed E-state index contributed by atoms with van der Waals surface area (Å²) in [6.07, 6.45) is 0.815. The van der Waals surface area contributed by atoms with Gasteiger partial charge >= 0.3 is 0 Å². The maximum absolute atomic E-state index is 14.0. The molecule has 1 N–H and O–H groups in total. The maximum atomic E-state index is 14.0. The zero-order valence-electron chi connectivity index (χ0n) is 20.4. The van der Waals surface area contributed by atoms with Crippen LogP contribution in [0.3, 0.4) is 0 Å². The van der Waals surface area contributed by atoms with E-state index < -0.39 is 5.82 Å². The van der Waals surface area contributed by atoms with Crippen molar-refractivity contribution in [3.8, 4) is 5.69 Å². The molecule has 5 rings (SSSR count). The Balaban J connectivity index is 1.53. The molecule has 1 amide bonds. The molecule has 0 atom stereocenters. The number of nitrogens with one attached hydrogen (secondary N) is 1. The first kappa shape index (κ1) is 24.7. The third kappa shape index (κ3) is 4.83. The molecule has 0 saturated carbocycles. The second-order valence-corrected chi connectivity index (χ2v) is 11.2. The Bertz CT molecular complexity index is 1490. The molecule has 0 saturated heterocycles. The molecule has 0 fully saturated rings. The normalized spacial score (nSPS) is 13.8. The maximum Gasteiger partial charge on any atom is 0.267 e. The van der Waals surface area contributed by atoms with Gasteiger partial charge in [-0.05, 0) is 57.0 Å². The van der Waals surface area contributed by atoms with Gasteiger partial charge < -0.3 is 5.32 Å². The lowest BCUT2D eigenvalue weighted by Crippen LogP contribution is -2.35. The number of thioether (sulfide) groups is 1. The minimum Gasteiger partial charge on any atom is -0.323 e. The molecule has 186 valence electrons. The summed E-state index contributed by atoms with van der Waals surface area (Å²) in [4.78, 5) is 35.7. The average Bonchev–Trinajstić information content (AvgIpc) is 3.23. The highest BCUT2D eigenvalue weighted by Gasteiger charge is 2.26. The van der Waals surface area contributed by atoms with Gasteiger partial charge in [-0.15, -0.1) is 11.3 Å². The van der Waals surface area contributed by atoms with E-state index in [1.807, 2.05) is 31.2 Å². The smallest absolute Gasteiger partial charge is 0.267 e. The van der Waals surface area contributed by atoms with E-state index in [9.17, 15) is 14.0 Å². The largest absolute Gasteiger partial charge is 0.323 e. The molecular formula is C27H27FN4O2S2. The fourth-order valence-corrected chi connectivity index (χ4v) is 6.48. The lowest BCUT2D eigenvalue weighted by molar-refractivity contribution is -0.113. The van der Waals surface area contributed by atoms with Crippen molar-refractivity contribution in [2.45, 2.75) is 44.9 Å². The third-order valence-corrected chi connectivity index (χ3v) is 8.43. The summed E-state index contributed by atoms with van der Waals surface area (Å²) >= 11 is 2.74. The summed E-state index contributed by atoms with van der Waals surface area (Å²) < 4.78 is 15.6. The molecule has 6 nitrogen and oxygen atoms in total. The molecule has 1 aliphatic rings. The van der Waals surface area contributed by atoms with Gasteiger partial charge in [0.15, 0.2) is 5.16 Å². The van der Waals surface area contributed by atoms with E-state index in [0.29, 0.717) is 27.1 Å².